The number of methoxy groups -OCH3 is 1. The summed E-state index contributed by atoms with van der Waals surface area (Å²) in [6.45, 7) is 0.139. The maximum Gasteiger partial charge on any atom is 0.254 e. The minimum atomic E-state index is -3.81. The lowest BCUT2D eigenvalue weighted by atomic mass is 10.2. The molecule has 28 heavy (non-hydrogen) atoms. The first kappa shape index (κ1) is 22.5. The Morgan fingerprint density at radius 3 is 2.68 bits per heavy atom. The van der Waals surface area contributed by atoms with Crippen molar-refractivity contribution in [3.05, 3.63) is 58.4 Å². The van der Waals surface area contributed by atoms with Crippen molar-refractivity contribution in [2.45, 2.75) is 10.6 Å². The van der Waals surface area contributed by atoms with Crippen LogP contribution in [-0.4, -0.2) is 40.8 Å². The molecule has 152 valence electrons. The van der Waals surface area contributed by atoms with Crippen LogP contribution in [0.15, 0.2) is 41.3 Å². The molecule has 2 aromatic carbocycles. The molecule has 10 heteroatoms. The van der Waals surface area contributed by atoms with Crippen molar-refractivity contribution >= 4 is 39.3 Å². The summed E-state index contributed by atoms with van der Waals surface area (Å²) < 4.78 is 46.2. The monoisotopic (exact) mass is 446 g/mol. The van der Waals surface area contributed by atoms with Gasteiger partial charge in [-0.25, -0.2) is 17.5 Å². The molecule has 0 aliphatic rings. The van der Waals surface area contributed by atoms with Crippen molar-refractivity contribution in [1.82, 2.24) is 10.0 Å². The summed E-state index contributed by atoms with van der Waals surface area (Å²) in [7, 11) is -0.969. The maximum absolute atomic E-state index is 13.7. The number of hydrogen-bond donors (Lipinski definition) is 2. The third-order valence-corrected chi connectivity index (χ3v) is 6.60. The number of carbonyl (C=O) groups is 1. The van der Waals surface area contributed by atoms with E-state index in [1.54, 1.807) is 6.07 Å². The molecule has 2 rings (SSSR count). The molecule has 2 N–H and O–H groups in total. The lowest BCUT2D eigenvalue weighted by molar-refractivity contribution is 0.0960. The molecule has 1 amide bonds. The van der Waals surface area contributed by atoms with Gasteiger partial charge in [-0.05, 0) is 30.3 Å². The van der Waals surface area contributed by atoms with Crippen molar-refractivity contribution in [2.75, 3.05) is 26.5 Å². The third-order valence-electron chi connectivity index (χ3n) is 3.80. The van der Waals surface area contributed by atoms with E-state index < -0.39 is 15.9 Å². The number of halogens is 2. The Labute approximate surface area is 172 Å². The van der Waals surface area contributed by atoms with Gasteiger partial charge in [0.25, 0.3) is 5.91 Å². The number of hydrogen-bond acceptors (Lipinski definition) is 5. The summed E-state index contributed by atoms with van der Waals surface area (Å²) in [6, 6.07) is 8.51. The molecule has 0 spiro atoms. The molecule has 2 aromatic rings. The van der Waals surface area contributed by atoms with Crippen LogP contribution in [0.4, 0.5) is 4.39 Å². The van der Waals surface area contributed by atoms with Gasteiger partial charge in [-0.15, -0.1) is 0 Å². The number of nitrogens with one attached hydrogen (secondary N) is 2. The molecule has 0 radical (unpaired) electrons. The van der Waals surface area contributed by atoms with E-state index in [1.165, 1.54) is 56.3 Å². The number of amides is 1. The van der Waals surface area contributed by atoms with Gasteiger partial charge in [0.1, 0.15) is 11.6 Å². The lowest BCUT2D eigenvalue weighted by Gasteiger charge is -2.11. The third kappa shape index (κ3) is 5.60. The number of benzene rings is 2. The van der Waals surface area contributed by atoms with Crippen LogP contribution in [0.2, 0.25) is 5.02 Å². The number of thioether (sulfide) groups is 1. The van der Waals surface area contributed by atoms with Crippen molar-refractivity contribution in [2.24, 2.45) is 0 Å². The molecule has 0 heterocycles. The van der Waals surface area contributed by atoms with Crippen LogP contribution in [-0.2, 0) is 15.8 Å². The predicted octanol–water partition coefficient (Wildman–Crippen LogP) is 3.06. The minimum absolute atomic E-state index is 0.0472. The van der Waals surface area contributed by atoms with Gasteiger partial charge in [0, 0.05) is 35.7 Å². The summed E-state index contributed by atoms with van der Waals surface area (Å²) in [5.74, 6) is 0.182. The summed E-state index contributed by atoms with van der Waals surface area (Å²) in [5, 5.41) is 2.78. The lowest BCUT2D eigenvalue weighted by Crippen LogP contribution is -2.27. The highest BCUT2D eigenvalue weighted by molar-refractivity contribution is 7.98. The Bertz CT molecular complexity index is 934. The van der Waals surface area contributed by atoms with Gasteiger partial charge in [-0.1, -0.05) is 17.7 Å². The fourth-order valence-corrected chi connectivity index (χ4v) is 4.73. The largest absolute Gasteiger partial charge is 0.496 e. The number of carbonyl (C=O) groups excluding carboxylic acids is 1. The molecule has 0 saturated heterocycles. The molecular formula is C18H20ClFN2O4S2. The van der Waals surface area contributed by atoms with Gasteiger partial charge in [-0.2, -0.15) is 11.8 Å². The van der Waals surface area contributed by atoms with Crippen LogP contribution in [0, 0.1) is 5.82 Å². The average Bonchev–Trinajstić information content (AvgIpc) is 2.68. The van der Waals surface area contributed by atoms with E-state index in [1.807, 2.05) is 0 Å². The summed E-state index contributed by atoms with van der Waals surface area (Å²) in [4.78, 5) is 11.9. The first-order chi connectivity index (χ1) is 13.3. The number of rotatable bonds is 9. The predicted molar refractivity (Wildman–Crippen MR) is 109 cm³/mol. The molecule has 6 nitrogen and oxygen atoms in total. The highest BCUT2D eigenvalue weighted by Crippen LogP contribution is 2.24. The smallest absolute Gasteiger partial charge is 0.254 e. The van der Waals surface area contributed by atoms with Gasteiger partial charge < -0.3 is 10.1 Å². The van der Waals surface area contributed by atoms with Crippen LogP contribution in [0.5, 0.6) is 5.75 Å². The summed E-state index contributed by atoms with van der Waals surface area (Å²) >= 11 is 7.32. The van der Waals surface area contributed by atoms with Crippen molar-refractivity contribution < 1.29 is 22.3 Å². The average molecular weight is 447 g/mol. The van der Waals surface area contributed by atoms with E-state index in [4.69, 9.17) is 16.3 Å². The van der Waals surface area contributed by atoms with Gasteiger partial charge in [-0.3, -0.25) is 4.79 Å². The molecule has 0 atom stereocenters. The second-order valence-electron chi connectivity index (χ2n) is 5.59. The second-order valence-corrected chi connectivity index (χ2v) is 8.87. The van der Waals surface area contributed by atoms with Crippen molar-refractivity contribution in [3.63, 3.8) is 0 Å². The Hall–Kier alpha value is -1.81. The Kier molecular flexibility index (Phi) is 8.11. The Morgan fingerprint density at radius 2 is 2.04 bits per heavy atom. The van der Waals surface area contributed by atoms with Crippen LogP contribution >= 0.6 is 23.4 Å². The van der Waals surface area contributed by atoms with E-state index >= 15 is 0 Å². The molecule has 0 saturated carbocycles. The van der Waals surface area contributed by atoms with Gasteiger partial charge >= 0.3 is 0 Å². The molecule has 0 aliphatic heterocycles. The quantitative estimate of drug-likeness (QED) is 0.578. The van der Waals surface area contributed by atoms with E-state index in [9.17, 15) is 17.6 Å². The summed E-state index contributed by atoms with van der Waals surface area (Å²) in [6.07, 6.45) is 0. The SMILES string of the molecule is CNC(=O)c1cc(S(=O)(=O)NCCSCc2c(F)cccc2Cl)ccc1OC. The maximum atomic E-state index is 13.7. The van der Waals surface area contributed by atoms with E-state index in [0.29, 0.717) is 22.1 Å². The van der Waals surface area contributed by atoms with Gasteiger partial charge in [0.05, 0.1) is 17.6 Å². The van der Waals surface area contributed by atoms with Gasteiger partial charge in [0.15, 0.2) is 0 Å². The standard InChI is InChI=1S/C18H20ClFN2O4S2/c1-21-18(23)13-10-12(6-7-17(13)26-2)28(24,25)22-8-9-27-11-14-15(19)4-3-5-16(14)20/h3-7,10,22H,8-9,11H2,1-2H3,(H,21,23). The van der Waals surface area contributed by atoms with Crippen LogP contribution < -0.4 is 14.8 Å². The van der Waals surface area contributed by atoms with E-state index in [2.05, 4.69) is 10.0 Å². The zero-order valence-electron chi connectivity index (χ0n) is 15.3. The molecule has 0 bridgehead atoms. The van der Waals surface area contributed by atoms with Crippen LogP contribution in [0.25, 0.3) is 0 Å². The normalized spacial score (nSPS) is 11.3. The molecule has 0 aromatic heterocycles. The Balaban J connectivity index is 1.98. The zero-order valence-corrected chi connectivity index (χ0v) is 17.7. The topological polar surface area (TPSA) is 84.5 Å². The minimum Gasteiger partial charge on any atom is -0.496 e. The van der Waals surface area contributed by atoms with E-state index in [-0.39, 0.29) is 28.6 Å². The summed E-state index contributed by atoms with van der Waals surface area (Å²) in [5.41, 5.74) is 0.513. The van der Waals surface area contributed by atoms with Crippen molar-refractivity contribution in [1.29, 1.82) is 0 Å². The molecular weight excluding hydrogens is 427 g/mol. The molecule has 0 aliphatic carbocycles. The van der Waals surface area contributed by atoms with Gasteiger partial charge in [0.2, 0.25) is 10.0 Å². The van der Waals surface area contributed by atoms with Crippen LogP contribution in [0.3, 0.4) is 0 Å². The Morgan fingerprint density at radius 1 is 1.29 bits per heavy atom. The molecule has 0 fully saturated rings. The van der Waals surface area contributed by atoms with E-state index in [0.717, 1.165) is 0 Å². The number of ether oxygens (including phenoxy) is 1. The van der Waals surface area contributed by atoms with Crippen molar-refractivity contribution in [3.8, 4) is 5.75 Å². The second kappa shape index (κ2) is 10.1. The number of sulfonamides is 1. The zero-order chi connectivity index (χ0) is 20.7. The molecule has 0 unspecified atom stereocenters. The fourth-order valence-electron chi connectivity index (χ4n) is 2.34. The highest BCUT2D eigenvalue weighted by Gasteiger charge is 2.19. The fraction of sp³-hybridized carbons (Fsp3) is 0.278. The highest BCUT2D eigenvalue weighted by atomic mass is 35.5. The first-order valence-electron chi connectivity index (χ1n) is 8.20. The van der Waals surface area contributed by atoms with Crippen LogP contribution in [0.1, 0.15) is 15.9 Å². The first-order valence-corrected chi connectivity index (χ1v) is 11.2.